The number of nitrogens with one attached hydrogen (secondary N) is 3. The van der Waals surface area contributed by atoms with Crippen molar-refractivity contribution < 1.29 is 9.59 Å². The molecule has 25 heavy (non-hydrogen) atoms. The van der Waals surface area contributed by atoms with E-state index in [4.69, 9.17) is 0 Å². The van der Waals surface area contributed by atoms with Gasteiger partial charge in [-0.15, -0.1) is 0 Å². The molecule has 2 aromatic rings. The molecule has 1 fully saturated rings. The van der Waals surface area contributed by atoms with Gasteiger partial charge in [0.15, 0.2) is 0 Å². The van der Waals surface area contributed by atoms with Crippen molar-refractivity contribution in [2.24, 2.45) is 5.92 Å². The number of urea groups is 1. The van der Waals surface area contributed by atoms with Crippen LogP contribution in [0.4, 0.5) is 21.9 Å². The van der Waals surface area contributed by atoms with Crippen LogP contribution in [0.1, 0.15) is 32.1 Å². The monoisotopic (exact) mass is 337 g/mol. The number of benzene rings is 2. The van der Waals surface area contributed by atoms with Crippen LogP contribution < -0.4 is 16.0 Å². The van der Waals surface area contributed by atoms with E-state index in [9.17, 15) is 9.59 Å². The summed E-state index contributed by atoms with van der Waals surface area (Å²) in [6.07, 6.45) is 5.33. The average Bonchev–Trinajstić information content (AvgIpc) is 3.08. The lowest BCUT2D eigenvalue weighted by atomic mass is 10.0. The smallest absolute Gasteiger partial charge is 0.323 e. The Bertz CT molecular complexity index is 725. The fourth-order valence-electron chi connectivity index (χ4n) is 3.18. The Morgan fingerprint density at radius 2 is 1.40 bits per heavy atom. The van der Waals surface area contributed by atoms with Crippen molar-refractivity contribution in [2.75, 3.05) is 16.0 Å². The molecule has 0 atom stereocenters. The second kappa shape index (κ2) is 8.33. The number of carbonyl (C=O) groups is 2. The van der Waals surface area contributed by atoms with Gasteiger partial charge in [-0.3, -0.25) is 4.79 Å². The van der Waals surface area contributed by atoms with Crippen LogP contribution >= 0.6 is 0 Å². The zero-order valence-corrected chi connectivity index (χ0v) is 14.1. The molecule has 1 aliphatic carbocycles. The molecular formula is C20H23N3O2. The van der Waals surface area contributed by atoms with Crippen molar-refractivity contribution in [2.45, 2.75) is 32.1 Å². The van der Waals surface area contributed by atoms with Crippen LogP contribution in [-0.4, -0.2) is 11.9 Å². The van der Waals surface area contributed by atoms with Crippen LogP contribution in [0.25, 0.3) is 0 Å². The zero-order chi connectivity index (χ0) is 17.5. The van der Waals surface area contributed by atoms with Crippen molar-refractivity contribution >= 4 is 29.0 Å². The highest BCUT2D eigenvalue weighted by Crippen LogP contribution is 2.28. The number of rotatable bonds is 5. The van der Waals surface area contributed by atoms with Crippen molar-refractivity contribution in [3.63, 3.8) is 0 Å². The van der Waals surface area contributed by atoms with Crippen LogP contribution in [0.2, 0.25) is 0 Å². The predicted molar refractivity (Wildman–Crippen MR) is 101 cm³/mol. The van der Waals surface area contributed by atoms with Crippen LogP contribution in [0, 0.1) is 5.92 Å². The van der Waals surface area contributed by atoms with Crippen molar-refractivity contribution in [3.8, 4) is 0 Å². The number of hydrogen-bond donors (Lipinski definition) is 3. The van der Waals surface area contributed by atoms with Gasteiger partial charge in [0.25, 0.3) is 0 Å². The highest BCUT2D eigenvalue weighted by Gasteiger charge is 2.18. The Labute approximate surface area is 147 Å². The molecule has 3 rings (SSSR count). The number of para-hydroxylation sites is 1. The van der Waals surface area contributed by atoms with E-state index in [2.05, 4.69) is 16.0 Å². The van der Waals surface area contributed by atoms with Gasteiger partial charge in [0.2, 0.25) is 5.91 Å². The average molecular weight is 337 g/mol. The third-order valence-corrected chi connectivity index (χ3v) is 4.38. The normalized spacial score (nSPS) is 14.1. The van der Waals surface area contributed by atoms with Crippen LogP contribution in [-0.2, 0) is 4.79 Å². The molecule has 0 heterocycles. The van der Waals surface area contributed by atoms with Crippen molar-refractivity contribution in [1.82, 2.24) is 0 Å². The minimum Gasteiger partial charge on any atom is -0.326 e. The SMILES string of the molecule is O=C(CC1CCCC1)Nc1cccc(NC(=O)Nc2ccccc2)c1. The fraction of sp³-hybridized carbons (Fsp3) is 0.300. The highest BCUT2D eigenvalue weighted by atomic mass is 16.2. The summed E-state index contributed by atoms with van der Waals surface area (Å²) >= 11 is 0. The molecule has 0 spiro atoms. The zero-order valence-electron chi connectivity index (χ0n) is 14.1. The Hall–Kier alpha value is -2.82. The number of carbonyl (C=O) groups excluding carboxylic acids is 2. The molecule has 3 N–H and O–H groups in total. The van der Waals surface area contributed by atoms with E-state index in [1.54, 1.807) is 12.1 Å². The van der Waals surface area contributed by atoms with Gasteiger partial charge in [-0.1, -0.05) is 37.1 Å². The molecule has 1 aliphatic rings. The molecule has 0 bridgehead atoms. The fourth-order valence-corrected chi connectivity index (χ4v) is 3.18. The minimum absolute atomic E-state index is 0.0396. The van der Waals surface area contributed by atoms with Crippen LogP contribution in [0.15, 0.2) is 54.6 Å². The van der Waals surface area contributed by atoms with E-state index in [1.807, 2.05) is 42.5 Å². The summed E-state index contributed by atoms with van der Waals surface area (Å²) in [5.41, 5.74) is 2.05. The summed E-state index contributed by atoms with van der Waals surface area (Å²) in [7, 11) is 0. The van der Waals surface area contributed by atoms with Crippen LogP contribution in [0.3, 0.4) is 0 Å². The molecule has 0 aliphatic heterocycles. The summed E-state index contributed by atoms with van der Waals surface area (Å²) in [5, 5.41) is 8.46. The van der Waals surface area contributed by atoms with Gasteiger partial charge in [-0.05, 0) is 49.1 Å². The number of anilines is 3. The predicted octanol–water partition coefficient (Wildman–Crippen LogP) is 4.85. The van der Waals surface area contributed by atoms with E-state index in [-0.39, 0.29) is 11.9 Å². The summed E-state index contributed by atoms with van der Waals surface area (Å²) in [6.45, 7) is 0. The second-order valence-electron chi connectivity index (χ2n) is 6.43. The van der Waals surface area contributed by atoms with Gasteiger partial charge in [-0.2, -0.15) is 0 Å². The molecule has 2 aromatic carbocycles. The first kappa shape index (κ1) is 17.0. The quantitative estimate of drug-likeness (QED) is 0.730. The molecule has 3 amide bonds. The Morgan fingerprint density at radius 3 is 2.12 bits per heavy atom. The van der Waals surface area contributed by atoms with E-state index in [0.717, 1.165) is 18.5 Å². The molecule has 5 nitrogen and oxygen atoms in total. The van der Waals surface area contributed by atoms with Gasteiger partial charge in [0.05, 0.1) is 0 Å². The van der Waals surface area contributed by atoms with Gasteiger partial charge in [0.1, 0.15) is 0 Å². The van der Waals surface area contributed by atoms with Gasteiger partial charge < -0.3 is 16.0 Å². The van der Waals surface area contributed by atoms with Crippen molar-refractivity contribution in [3.05, 3.63) is 54.6 Å². The summed E-state index contributed by atoms with van der Waals surface area (Å²) in [6, 6.07) is 16.1. The third-order valence-electron chi connectivity index (χ3n) is 4.38. The van der Waals surface area contributed by atoms with Crippen LogP contribution in [0.5, 0.6) is 0 Å². The Kier molecular flexibility index (Phi) is 5.67. The van der Waals surface area contributed by atoms with Gasteiger partial charge in [0, 0.05) is 23.5 Å². The highest BCUT2D eigenvalue weighted by molar-refractivity contribution is 6.00. The first-order chi connectivity index (χ1) is 12.2. The summed E-state index contributed by atoms with van der Waals surface area (Å²) in [5.74, 6) is 0.552. The summed E-state index contributed by atoms with van der Waals surface area (Å²) in [4.78, 5) is 24.2. The molecule has 1 saturated carbocycles. The van der Waals surface area contributed by atoms with E-state index >= 15 is 0 Å². The molecule has 130 valence electrons. The lowest BCUT2D eigenvalue weighted by Crippen LogP contribution is -2.19. The lowest BCUT2D eigenvalue weighted by Gasteiger charge is -2.11. The molecule has 5 heteroatoms. The van der Waals surface area contributed by atoms with E-state index in [0.29, 0.717) is 23.7 Å². The third kappa shape index (κ3) is 5.35. The number of hydrogen-bond acceptors (Lipinski definition) is 2. The number of amides is 3. The van der Waals surface area contributed by atoms with Gasteiger partial charge in [-0.25, -0.2) is 4.79 Å². The second-order valence-corrected chi connectivity index (χ2v) is 6.43. The first-order valence-corrected chi connectivity index (χ1v) is 8.72. The molecule has 0 saturated heterocycles. The first-order valence-electron chi connectivity index (χ1n) is 8.72. The Morgan fingerprint density at radius 1 is 0.800 bits per heavy atom. The Balaban J connectivity index is 1.53. The maximum Gasteiger partial charge on any atom is 0.323 e. The maximum atomic E-state index is 12.1. The standard InChI is InChI=1S/C20H23N3O2/c24-19(13-15-7-4-5-8-15)21-17-11-6-12-18(14-17)23-20(25)22-16-9-2-1-3-10-16/h1-3,6,9-12,14-15H,4-5,7-8,13H2,(H,21,24)(H2,22,23,25). The maximum absolute atomic E-state index is 12.1. The van der Waals surface area contributed by atoms with E-state index in [1.165, 1.54) is 12.8 Å². The van der Waals surface area contributed by atoms with Gasteiger partial charge >= 0.3 is 6.03 Å². The van der Waals surface area contributed by atoms with E-state index < -0.39 is 0 Å². The topological polar surface area (TPSA) is 70.2 Å². The molecular weight excluding hydrogens is 314 g/mol. The minimum atomic E-state index is -0.319. The molecule has 0 unspecified atom stereocenters. The molecule has 0 aromatic heterocycles. The lowest BCUT2D eigenvalue weighted by molar-refractivity contribution is -0.117. The van der Waals surface area contributed by atoms with Crippen molar-refractivity contribution in [1.29, 1.82) is 0 Å². The largest absolute Gasteiger partial charge is 0.326 e. The molecule has 0 radical (unpaired) electrons. The summed E-state index contributed by atoms with van der Waals surface area (Å²) < 4.78 is 0.